The van der Waals surface area contributed by atoms with Gasteiger partial charge < -0.3 is 16.0 Å². The highest BCUT2D eigenvalue weighted by Crippen LogP contribution is 2.23. The largest absolute Gasteiger partial charge is 0.396 e. The van der Waals surface area contributed by atoms with Crippen LogP contribution in [0.25, 0.3) is 0 Å². The predicted molar refractivity (Wildman–Crippen MR) is 73.5 cm³/mol. The minimum atomic E-state index is -0.908. The van der Waals surface area contributed by atoms with Crippen LogP contribution in [0, 0.1) is 17.6 Å². The molecule has 1 aromatic rings. The van der Waals surface area contributed by atoms with Gasteiger partial charge in [-0.1, -0.05) is 0 Å². The van der Waals surface area contributed by atoms with Crippen LogP contribution in [0.1, 0.15) is 23.2 Å². The van der Waals surface area contributed by atoms with Crippen LogP contribution in [-0.4, -0.2) is 36.9 Å². The van der Waals surface area contributed by atoms with E-state index in [-0.39, 0.29) is 17.4 Å². The number of piperidine rings is 1. The average molecular weight is 297 g/mol. The first-order valence-electron chi connectivity index (χ1n) is 6.69. The van der Waals surface area contributed by atoms with Crippen molar-refractivity contribution in [3.8, 4) is 0 Å². The van der Waals surface area contributed by atoms with Gasteiger partial charge in [-0.2, -0.15) is 0 Å². The molecule has 2 rings (SSSR count). The van der Waals surface area contributed by atoms with Gasteiger partial charge in [-0.05, 0) is 25.0 Å². The van der Waals surface area contributed by atoms with Gasteiger partial charge in [0.1, 0.15) is 5.82 Å². The molecule has 0 atom stereocenters. The first-order chi connectivity index (χ1) is 9.93. The summed E-state index contributed by atoms with van der Waals surface area (Å²) in [7, 11) is 1.56. The van der Waals surface area contributed by atoms with E-state index >= 15 is 0 Å². The van der Waals surface area contributed by atoms with Crippen LogP contribution >= 0.6 is 0 Å². The first-order valence-corrected chi connectivity index (χ1v) is 6.69. The molecule has 7 heteroatoms. The van der Waals surface area contributed by atoms with Crippen molar-refractivity contribution in [2.24, 2.45) is 5.92 Å². The molecule has 2 amide bonds. The van der Waals surface area contributed by atoms with Crippen LogP contribution in [0.15, 0.2) is 12.1 Å². The highest BCUT2D eigenvalue weighted by molar-refractivity contribution is 5.95. The van der Waals surface area contributed by atoms with E-state index in [1.54, 1.807) is 7.05 Å². The van der Waals surface area contributed by atoms with Gasteiger partial charge in [-0.15, -0.1) is 0 Å². The standard InChI is InChI=1S/C14H17F2N3O2/c1-18-13(20)8-2-4-19(5-3-8)14(21)10-6-9(15)7-11(17)12(10)16/h6-8H,2-5,17H2,1H3,(H,18,20). The Balaban J connectivity index is 2.11. The molecule has 1 heterocycles. The SMILES string of the molecule is CNC(=O)C1CCN(C(=O)c2cc(F)cc(N)c2F)CC1. The number of nitrogens with zero attached hydrogens (tertiary/aromatic N) is 1. The molecule has 1 aliphatic rings. The summed E-state index contributed by atoms with van der Waals surface area (Å²) in [5, 5.41) is 2.57. The summed E-state index contributed by atoms with van der Waals surface area (Å²) in [6.07, 6.45) is 0.996. The zero-order chi connectivity index (χ0) is 15.6. The van der Waals surface area contributed by atoms with Gasteiger partial charge in [0.25, 0.3) is 5.91 Å². The van der Waals surface area contributed by atoms with Gasteiger partial charge in [0, 0.05) is 26.1 Å². The lowest BCUT2D eigenvalue weighted by atomic mass is 9.95. The number of nitrogens with one attached hydrogen (secondary N) is 1. The number of hydrogen-bond acceptors (Lipinski definition) is 3. The van der Waals surface area contributed by atoms with Gasteiger partial charge in [0.15, 0.2) is 5.82 Å². The second-order valence-electron chi connectivity index (χ2n) is 5.04. The van der Waals surface area contributed by atoms with E-state index in [1.165, 1.54) is 4.90 Å². The molecule has 0 spiro atoms. The molecule has 1 saturated heterocycles. The molecule has 0 radical (unpaired) electrons. The summed E-state index contributed by atoms with van der Waals surface area (Å²) in [5.41, 5.74) is 4.57. The van der Waals surface area contributed by atoms with Crippen molar-refractivity contribution in [3.05, 3.63) is 29.3 Å². The Labute approximate surface area is 121 Å². The topological polar surface area (TPSA) is 75.4 Å². The highest BCUT2D eigenvalue weighted by atomic mass is 19.1. The van der Waals surface area contributed by atoms with E-state index in [4.69, 9.17) is 5.73 Å². The molecular weight excluding hydrogens is 280 g/mol. The number of rotatable bonds is 2. The number of nitrogens with two attached hydrogens (primary N) is 1. The molecule has 1 fully saturated rings. The van der Waals surface area contributed by atoms with E-state index in [0.717, 1.165) is 12.1 Å². The molecule has 0 aliphatic carbocycles. The lowest BCUT2D eigenvalue weighted by Gasteiger charge is -2.31. The van der Waals surface area contributed by atoms with Crippen molar-refractivity contribution in [3.63, 3.8) is 0 Å². The second kappa shape index (κ2) is 6.07. The predicted octanol–water partition coefficient (Wildman–Crippen LogP) is 1.15. The number of anilines is 1. The number of halogens is 2. The number of nitrogen functional groups attached to an aromatic ring is 1. The molecule has 21 heavy (non-hydrogen) atoms. The molecule has 0 bridgehead atoms. The number of hydrogen-bond donors (Lipinski definition) is 2. The maximum Gasteiger partial charge on any atom is 0.257 e. The number of likely N-dealkylation sites (tertiary alicyclic amines) is 1. The van der Waals surface area contributed by atoms with E-state index < -0.39 is 23.2 Å². The summed E-state index contributed by atoms with van der Waals surface area (Å²) in [4.78, 5) is 25.2. The third kappa shape index (κ3) is 3.12. The molecule has 1 aliphatic heterocycles. The summed E-state index contributed by atoms with van der Waals surface area (Å²) >= 11 is 0. The summed E-state index contributed by atoms with van der Waals surface area (Å²) < 4.78 is 27.1. The van der Waals surface area contributed by atoms with Gasteiger partial charge >= 0.3 is 0 Å². The number of carbonyl (C=O) groups excluding carboxylic acids is 2. The lowest BCUT2D eigenvalue weighted by molar-refractivity contribution is -0.125. The number of carbonyl (C=O) groups is 2. The Hall–Kier alpha value is -2.18. The Bertz CT molecular complexity index is 570. The third-order valence-electron chi connectivity index (χ3n) is 3.70. The molecule has 1 aromatic carbocycles. The molecule has 3 N–H and O–H groups in total. The summed E-state index contributed by atoms with van der Waals surface area (Å²) in [6, 6.07) is 1.68. The minimum Gasteiger partial charge on any atom is -0.396 e. The molecule has 5 nitrogen and oxygen atoms in total. The summed E-state index contributed by atoms with van der Waals surface area (Å²) in [5.74, 6) is -2.48. The van der Waals surface area contributed by atoms with Crippen molar-refractivity contribution in [2.75, 3.05) is 25.9 Å². The Kier molecular flexibility index (Phi) is 4.40. The van der Waals surface area contributed by atoms with Crippen molar-refractivity contribution >= 4 is 17.5 Å². The fourth-order valence-corrected chi connectivity index (χ4v) is 2.49. The second-order valence-corrected chi connectivity index (χ2v) is 5.04. The monoisotopic (exact) mass is 297 g/mol. The molecule has 114 valence electrons. The fourth-order valence-electron chi connectivity index (χ4n) is 2.49. The highest BCUT2D eigenvalue weighted by Gasteiger charge is 2.29. The van der Waals surface area contributed by atoms with Crippen LogP contribution < -0.4 is 11.1 Å². The molecule has 0 aromatic heterocycles. The van der Waals surface area contributed by atoms with Crippen LogP contribution in [0.3, 0.4) is 0 Å². The van der Waals surface area contributed by atoms with Crippen LogP contribution in [0.4, 0.5) is 14.5 Å². The fraction of sp³-hybridized carbons (Fsp3) is 0.429. The number of benzene rings is 1. The molecular formula is C14H17F2N3O2. The Morgan fingerprint density at radius 3 is 2.48 bits per heavy atom. The van der Waals surface area contributed by atoms with Crippen molar-refractivity contribution < 1.29 is 18.4 Å². The minimum absolute atomic E-state index is 0.0664. The molecule has 0 unspecified atom stereocenters. The molecule has 0 saturated carbocycles. The maximum atomic E-state index is 13.8. The number of amides is 2. The van der Waals surface area contributed by atoms with Crippen molar-refractivity contribution in [2.45, 2.75) is 12.8 Å². The van der Waals surface area contributed by atoms with E-state index in [2.05, 4.69) is 5.32 Å². The Morgan fingerprint density at radius 2 is 1.90 bits per heavy atom. The first kappa shape index (κ1) is 15.2. The van der Waals surface area contributed by atoms with E-state index in [1.807, 2.05) is 0 Å². The third-order valence-corrected chi connectivity index (χ3v) is 3.70. The smallest absolute Gasteiger partial charge is 0.257 e. The average Bonchev–Trinajstić information content (AvgIpc) is 2.49. The van der Waals surface area contributed by atoms with Gasteiger partial charge in [0.2, 0.25) is 5.91 Å². The Morgan fingerprint density at radius 1 is 1.29 bits per heavy atom. The lowest BCUT2D eigenvalue weighted by Crippen LogP contribution is -2.42. The normalized spacial score (nSPS) is 15.9. The van der Waals surface area contributed by atoms with Crippen LogP contribution in [0.2, 0.25) is 0 Å². The van der Waals surface area contributed by atoms with Crippen LogP contribution in [-0.2, 0) is 4.79 Å². The van der Waals surface area contributed by atoms with Crippen molar-refractivity contribution in [1.29, 1.82) is 0 Å². The van der Waals surface area contributed by atoms with Gasteiger partial charge in [0.05, 0.1) is 11.3 Å². The zero-order valence-corrected chi connectivity index (χ0v) is 11.7. The van der Waals surface area contributed by atoms with E-state index in [9.17, 15) is 18.4 Å². The van der Waals surface area contributed by atoms with E-state index in [0.29, 0.717) is 25.9 Å². The van der Waals surface area contributed by atoms with Gasteiger partial charge in [-0.25, -0.2) is 8.78 Å². The summed E-state index contributed by atoms with van der Waals surface area (Å²) in [6.45, 7) is 0.652. The van der Waals surface area contributed by atoms with Crippen LogP contribution in [0.5, 0.6) is 0 Å². The maximum absolute atomic E-state index is 13.8. The van der Waals surface area contributed by atoms with Crippen molar-refractivity contribution in [1.82, 2.24) is 10.2 Å². The zero-order valence-electron chi connectivity index (χ0n) is 11.7. The quantitative estimate of drug-likeness (QED) is 0.804. The van der Waals surface area contributed by atoms with Gasteiger partial charge in [-0.3, -0.25) is 9.59 Å².